The van der Waals surface area contributed by atoms with Crippen molar-refractivity contribution in [3.8, 4) is 5.69 Å². The summed E-state index contributed by atoms with van der Waals surface area (Å²) in [6.07, 6.45) is 1.05. The maximum absolute atomic E-state index is 6.07. The number of nitrogens with zero attached hydrogens (tertiary/aromatic N) is 2. The maximum Gasteiger partial charge on any atom is 0.129 e. The highest BCUT2D eigenvalue weighted by Gasteiger charge is 2.11. The van der Waals surface area contributed by atoms with E-state index < -0.39 is 0 Å². The predicted octanol–water partition coefficient (Wildman–Crippen LogP) is 4.64. The highest BCUT2D eigenvalue weighted by Crippen LogP contribution is 2.24. The summed E-state index contributed by atoms with van der Waals surface area (Å²) in [5.41, 5.74) is 5.77. The molecular formula is C17H17ClN2. The molecule has 0 amide bonds. The Morgan fingerprint density at radius 2 is 1.85 bits per heavy atom. The summed E-state index contributed by atoms with van der Waals surface area (Å²) in [7, 11) is 0. The van der Waals surface area contributed by atoms with Crippen molar-refractivity contribution < 1.29 is 0 Å². The molecule has 0 radical (unpaired) electrons. The van der Waals surface area contributed by atoms with Gasteiger partial charge < -0.3 is 0 Å². The second-order valence-electron chi connectivity index (χ2n) is 5.01. The molecule has 0 atom stereocenters. The number of aromatic nitrogens is 2. The Kier molecular flexibility index (Phi) is 3.49. The second kappa shape index (κ2) is 5.29. The van der Waals surface area contributed by atoms with Gasteiger partial charge in [0.1, 0.15) is 5.82 Å². The molecule has 102 valence electrons. The van der Waals surface area contributed by atoms with Gasteiger partial charge in [-0.3, -0.25) is 4.57 Å². The second-order valence-corrected chi connectivity index (χ2v) is 5.28. The minimum absolute atomic E-state index is 0.406. The van der Waals surface area contributed by atoms with Gasteiger partial charge in [-0.25, -0.2) is 4.98 Å². The van der Waals surface area contributed by atoms with Crippen LogP contribution in [0.4, 0.5) is 0 Å². The lowest BCUT2D eigenvalue weighted by molar-refractivity contribution is 0.979. The van der Waals surface area contributed by atoms with E-state index in [9.17, 15) is 0 Å². The molecule has 0 saturated carbocycles. The van der Waals surface area contributed by atoms with Gasteiger partial charge in [0.15, 0.2) is 0 Å². The van der Waals surface area contributed by atoms with Crippen LogP contribution in [0.2, 0.25) is 0 Å². The number of fused-ring (bicyclic) bond motifs is 1. The van der Waals surface area contributed by atoms with Gasteiger partial charge in [0.25, 0.3) is 0 Å². The van der Waals surface area contributed by atoms with Gasteiger partial charge in [-0.2, -0.15) is 0 Å². The number of hydrogen-bond donors (Lipinski definition) is 0. The molecule has 0 spiro atoms. The fourth-order valence-corrected chi connectivity index (χ4v) is 2.68. The number of imidazole rings is 1. The molecule has 0 aliphatic rings. The van der Waals surface area contributed by atoms with Gasteiger partial charge in [-0.05, 0) is 48.7 Å². The van der Waals surface area contributed by atoms with Crippen LogP contribution < -0.4 is 0 Å². The van der Waals surface area contributed by atoms with Crippen molar-refractivity contribution in [1.29, 1.82) is 0 Å². The van der Waals surface area contributed by atoms with Gasteiger partial charge >= 0.3 is 0 Å². The fourth-order valence-electron chi connectivity index (χ4n) is 2.50. The Balaban J connectivity index is 2.22. The van der Waals surface area contributed by atoms with Crippen molar-refractivity contribution in [3.63, 3.8) is 0 Å². The van der Waals surface area contributed by atoms with E-state index >= 15 is 0 Å². The number of benzene rings is 2. The van der Waals surface area contributed by atoms with Crippen LogP contribution in [0.25, 0.3) is 16.7 Å². The summed E-state index contributed by atoms with van der Waals surface area (Å²) < 4.78 is 2.14. The smallest absolute Gasteiger partial charge is 0.129 e. The maximum atomic E-state index is 6.07. The minimum atomic E-state index is 0.406. The van der Waals surface area contributed by atoms with Gasteiger partial charge in [0, 0.05) is 5.69 Å². The van der Waals surface area contributed by atoms with Crippen molar-refractivity contribution in [3.05, 3.63) is 59.4 Å². The molecule has 0 N–H and O–H groups in total. The first-order chi connectivity index (χ1) is 9.72. The first-order valence-corrected chi connectivity index (χ1v) is 7.39. The normalized spacial score (nSPS) is 11.2. The standard InChI is InChI=1S/C17H17ClN2/c1-3-13-5-7-14(8-6-13)20-16-9-4-12(2)10-15(16)19-17(20)11-18/h4-10H,3,11H2,1-2H3. The highest BCUT2D eigenvalue weighted by molar-refractivity contribution is 6.17. The molecular weight excluding hydrogens is 268 g/mol. The van der Waals surface area contributed by atoms with Crippen LogP contribution in [-0.2, 0) is 12.3 Å². The molecule has 20 heavy (non-hydrogen) atoms. The Hall–Kier alpha value is -1.80. The third-order valence-electron chi connectivity index (χ3n) is 3.60. The van der Waals surface area contributed by atoms with Crippen LogP contribution in [0.1, 0.15) is 23.9 Å². The van der Waals surface area contributed by atoms with Crippen molar-refractivity contribution in [2.24, 2.45) is 0 Å². The van der Waals surface area contributed by atoms with Gasteiger partial charge in [-0.15, -0.1) is 11.6 Å². The lowest BCUT2D eigenvalue weighted by Crippen LogP contribution is -1.99. The molecule has 2 nitrogen and oxygen atoms in total. The SMILES string of the molecule is CCc1ccc(-n2c(CCl)nc3cc(C)ccc32)cc1. The Bertz CT molecular complexity index is 742. The van der Waals surface area contributed by atoms with E-state index in [4.69, 9.17) is 11.6 Å². The zero-order valence-corrected chi connectivity index (χ0v) is 12.5. The zero-order chi connectivity index (χ0) is 14.1. The summed E-state index contributed by atoms with van der Waals surface area (Å²) in [6.45, 7) is 4.24. The predicted molar refractivity (Wildman–Crippen MR) is 84.7 cm³/mol. The molecule has 0 unspecified atom stereocenters. The molecule has 0 bridgehead atoms. The third kappa shape index (κ3) is 2.20. The van der Waals surface area contributed by atoms with Crippen LogP contribution in [0.5, 0.6) is 0 Å². The summed E-state index contributed by atoms with van der Waals surface area (Å²) in [5.74, 6) is 1.29. The molecule has 3 aromatic rings. The van der Waals surface area contributed by atoms with E-state index in [1.54, 1.807) is 0 Å². The average molecular weight is 285 g/mol. The fraction of sp³-hybridized carbons (Fsp3) is 0.235. The Morgan fingerprint density at radius 1 is 1.10 bits per heavy atom. The summed E-state index contributed by atoms with van der Waals surface area (Å²) in [4.78, 5) is 4.64. The largest absolute Gasteiger partial charge is 0.295 e. The Morgan fingerprint density at radius 3 is 2.50 bits per heavy atom. The number of halogens is 1. The first-order valence-electron chi connectivity index (χ1n) is 6.86. The van der Waals surface area contributed by atoms with Crippen LogP contribution in [-0.4, -0.2) is 9.55 Å². The summed E-state index contributed by atoms with van der Waals surface area (Å²) >= 11 is 6.07. The van der Waals surface area contributed by atoms with Crippen molar-refractivity contribution in [1.82, 2.24) is 9.55 Å². The van der Waals surface area contributed by atoms with Gasteiger partial charge in [0.2, 0.25) is 0 Å². The van der Waals surface area contributed by atoms with E-state index in [1.807, 2.05) is 0 Å². The monoisotopic (exact) mass is 284 g/mol. The number of aryl methyl sites for hydroxylation is 2. The quantitative estimate of drug-likeness (QED) is 0.641. The van der Waals surface area contributed by atoms with Gasteiger partial charge in [-0.1, -0.05) is 25.1 Å². The van der Waals surface area contributed by atoms with E-state index in [1.165, 1.54) is 11.1 Å². The molecule has 2 aromatic carbocycles. The van der Waals surface area contributed by atoms with E-state index in [2.05, 4.69) is 65.9 Å². The van der Waals surface area contributed by atoms with Crippen LogP contribution >= 0.6 is 11.6 Å². The molecule has 3 rings (SSSR count). The molecule has 1 aromatic heterocycles. The molecule has 0 saturated heterocycles. The van der Waals surface area contributed by atoms with E-state index in [0.29, 0.717) is 5.88 Å². The summed E-state index contributed by atoms with van der Waals surface area (Å²) in [5, 5.41) is 0. The van der Waals surface area contributed by atoms with Crippen molar-refractivity contribution in [2.45, 2.75) is 26.1 Å². The molecule has 3 heteroatoms. The molecule has 0 fully saturated rings. The average Bonchev–Trinajstić information content (AvgIpc) is 2.84. The third-order valence-corrected chi connectivity index (χ3v) is 3.84. The first kappa shape index (κ1) is 13.2. The molecule has 0 aliphatic heterocycles. The lowest BCUT2D eigenvalue weighted by atomic mass is 10.1. The van der Waals surface area contributed by atoms with Crippen LogP contribution in [0, 0.1) is 6.92 Å². The minimum Gasteiger partial charge on any atom is -0.295 e. The van der Waals surface area contributed by atoms with Crippen molar-refractivity contribution >= 4 is 22.6 Å². The van der Waals surface area contributed by atoms with Crippen LogP contribution in [0.15, 0.2) is 42.5 Å². The van der Waals surface area contributed by atoms with Crippen molar-refractivity contribution in [2.75, 3.05) is 0 Å². The number of rotatable bonds is 3. The topological polar surface area (TPSA) is 17.8 Å². The molecule has 0 aliphatic carbocycles. The zero-order valence-electron chi connectivity index (χ0n) is 11.7. The number of alkyl halides is 1. The summed E-state index contributed by atoms with van der Waals surface area (Å²) in [6, 6.07) is 14.9. The Labute approximate surface area is 124 Å². The highest BCUT2D eigenvalue weighted by atomic mass is 35.5. The lowest BCUT2D eigenvalue weighted by Gasteiger charge is -2.08. The number of hydrogen-bond acceptors (Lipinski definition) is 1. The van der Waals surface area contributed by atoms with E-state index in [0.717, 1.165) is 29.0 Å². The van der Waals surface area contributed by atoms with Gasteiger partial charge in [0.05, 0.1) is 16.9 Å². The van der Waals surface area contributed by atoms with E-state index in [-0.39, 0.29) is 0 Å². The van der Waals surface area contributed by atoms with Crippen LogP contribution in [0.3, 0.4) is 0 Å². The molecule has 1 heterocycles.